The lowest BCUT2D eigenvalue weighted by atomic mass is 10.1. The lowest BCUT2D eigenvalue weighted by Crippen LogP contribution is -2.37. The zero-order valence-electron chi connectivity index (χ0n) is 19.2. The van der Waals surface area contributed by atoms with Gasteiger partial charge in [-0.2, -0.15) is 5.10 Å². The van der Waals surface area contributed by atoms with Gasteiger partial charge in [0.15, 0.2) is 17.4 Å². The van der Waals surface area contributed by atoms with Crippen LogP contribution in [0.25, 0.3) is 17.0 Å². The number of amides is 1. The minimum atomic E-state index is -0.269. The Labute approximate surface area is 192 Å². The summed E-state index contributed by atoms with van der Waals surface area (Å²) >= 11 is 0. The summed E-state index contributed by atoms with van der Waals surface area (Å²) in [6, 6.07) is 4.79. The highest BCUT2D eigenvalue weighted by molar-refractivity contribution is 5.77. The molecule has 33 heavy (non-hydrogen) atoms. The fraction of sp³-hybridized carbons (Fsp3) is 0.375. The molecule has 4 rings (SSSR count). The van der Waals surface area contributed by atoms with Crippen LogP contribution in [0.1, 0.15) is 43.4 Å². The number of carbonyl (C=O) groups excluding carboxylic acids is 1. The molecule has 0 unspecified atom stereocenters. The van der Waals surface area contributed by atoms with Crippen molar-refractivity contribution in [2.24, 2.45) is 0 Å². The second-order valence-electron chi connectivity index (χ2n) is 8.34. The second kappa shape index (κ2) is 9.48. The fourth-order valence-electron chi connectivity index (χ4n) is 3.72. The molecule has 0 saturated carbocycles. The standard InChI is InChI=1S/C24H27FN6O2/c1-15(2)24-28-23(18-5-6-20(25)16(3)11-18)29-31(24)14-21(32)30-9-7-17(8-10-30)22-26-12-19(33-4)13-27-22/h5-7,11-13,15H,8-10,14H2,1-4H3. The Bertz CT molecular complexity index is 1190. The molecule has 1 aromatic carbocycles. The molecule has 1 amide bonds. The fourth-order valence-corrected chi connectivity index (χ4v) is 3.72. The average molecular weight is 451 g/mol. The average Bonchev–Trinajstić information content (AvgIpc) is 3.25. The summed E-state index contributed by atoms with van der Waals surface area (Å²) in [5.74, 6) is 2.26. The minimum absolute atomic E-state index is 0.0328. The number of ether oxygens (including phenoxy) is 1. The van der Waals surface area contributed by atoms with Crippen LogP contribution >= 0.6 is 0 Å². The van der Waals surface area contributed by atoms with Gasteiger partial charge in [0.05, 0.1) is 19.5 Å². The van der Waals surface area contributed by atoms with Crippen molar-refractivity contribution >= 4 is 11.5 Å². The van der Waals surface area contributed by atoms with Gasteiger partial charge >= 0.3 is 0 Å². The van der Waals surface area contributed by atoms with Crippen LogP contribution in [0.3, 0.4) is 0 Å². The van der Waals surface area contributed by atoms with Crippen LogP contribution in [0.5, 0.6) is 5.75 Å². The molecule has 1 aliphatic heterocycles. The number of hydrogen-bond donors (Lipinski definition) is 0. The molecule has 0 N–H and O–H groups in total. The van der Waals surface area contributed by atoms with E-state index in [1.165, 1.54) is 6.07 Å². The summed E-state index contributed by atoms with van der Waals surface area (Å²) in [4.78, 5) is 28.1. The Morgan fingerprint density at radius 3 is 2.58 bits per heavy atom. The molecule has 0 radical (unpaired) electrons. The SMILES string of the molecule is COc1cnc(C2=CCN(C(=O)Cn3nc(-c4ccc(F)c(C)c4)nc3C(C)C)CC2)nc1. The quantitative estimate of drug-likeness (QED) is 0.570. The number of carbonyl (C=O) groups is 1. The van der Waals surface area contributed by atoms with E-state index in [2.05, 4.69) is 20.1 Å². The molecule has 0 aliphatic carbocycles. The van der Waals surface area contributed by atoms with Crippen molar-refractivity contribution in [1.29, 1.82) is 0 Å². The van der Waals surface area contributed by atoms with Gasteiger partial charge in [0, 0.05) is 24.6 Å². The molecule has 1 aliphatic rings. The lowest BCUT2D eigenvalue weighted by molar-refractivity contribution is -0.131. The number of aromatic nitrogens is 5. The Morgan fingerprint density at radius 2 is 1.97 bits per heavy atom. The molecule has 9 heteroatoms. The summed E-state index contributed by atoms with van der Waals surface area (Å²) in [7, 11) is 1.57. The molecule has 0 spiro atoms. The van der Waals surface area contributed by atoms with Crippen LogP contribution < -0.4 is 4.74 Å². The molecule has 0 bridgehead atoms. The second-order valence-corrected chi connectivity index (χ2v) is 8.34. The Hall–Kier alpha value is -3.62. The van der Waals surface area contributed by atoms with Crippen molar-refractivity contribution in [2.75, 3.05) is 20.2 Å². The number of hydrogen-bond acceptors (Lipinski definition) is 6. The van der Waals surface area contributed by atoms with E-state index in [0.717, 1.165) is 17.0 Å². The molecule has 3 heterocycles. The first-order chi connectivity index (χ1) is 15.9. The van der Waals surface area contributed by atoms with E-state index in [-0.39, 0.29) is 24.2 Å². The molecule has 8 nitrogen and oxygen atoms in total. The number of halogens is 1. The van der Waals surface area contributed by atoms with Crippen molar-refractivity contribution in [3.63, 3.8) is 0 Å². The van der Waals surface area contributed by atoms with E-state index in [0.29, 0.717) is 42.5 Å². The highest BCUT2D eigenvalue weighted by Gasteiger charge is 2.22. The van der Waals surface area contributed by atoms with Gasteiger partial charge < -0.3 is 9.64 Å². The summed E-state index contributed by atoms with van der Waals surface area (Å²) < 4.78 is 20.4. The first-order valence-electron chi connectivity index (χ1n) is 10.9. The van der Waals surface area contributed by atoms with Crippen molar-refractivity contribution < 1.29 is 13.9 Å². The maximum Gasteiger partial charge on any atom is 0.244 e. The number of nitrogens with zero attached hydrogens (tertiary/aromatic N) is 6. The van der Waals surface area contributed by atoms with Crippen LogP contribution in [0.15, 0.2) is 36.7 Å². The van der Waals surface area contributed by atoms with E-state index in [9.17, 15) is 9.18 Å². The van der Waals surface area contributed by atoms with Crippen molar-refractivity contribution in [2.45, 2.75) is 39.7 Å². The summed E-state index contributed by atoms with van der Waals surface area (Å²) in [5, 5.41) is 4.57. The number of methoxy groups -OCH3 is 1. The monoisotopic (exact) mass is 450 g/mol. The number of benzene rings is 1. The summed E-state index contributed by atoms with van der Waals surface area (Å²) in [6.45, 7) is 6.89. The Kier molecular flexibility index (Phi) is 6.48. The smallest absolute Gasteiger partial charge is 0.244 e. The summed E-state index contributed by atoms with van der Waals surface area (Å²) in [6.07, 6.45) is 5.94. The topological polar surface area (TPSA) is 86.0 Å². The minimum Gasteiger partial charge on any atom is -0.494 e. The van der Waals surface area contributed by atoms with Crippen LogP contribution in [0.4, 0.5) is 4.39 Å². The van der Waals surface area contributed by atoms with Crippen molar-refractivity contribution in [3.05, 3.63) is 59.7 Å². The zero-order valence-corrected chi connectivity index (χ0v) is 19.2. The molecule has 0 fully saturated rings. The van der Waals surface area contributed by atoms with Crippen LogP contribution in [-0.4, -0.2) is 55.7 Å². The Morgan fingerprint density at radius 1 is 1.21 bits per heavy atom. The molecule has 3 aromatic rings. The number of rotatable bonds is 6. The van der Waals surface area contributed by atoms with E-state index >= 15 is 0 Å². The highest BCUT2D eigenvalue weighted by atomic mass is 19.1. The third-order valence-electron chi connectivity index (χ3n) is 5.63. The first-order valence-corrected chi connectivity index (χ1v) is 10.9. The van der Waals surface area contributed by atoms with Crippen LogP contribution in [0, 0.1) is 12.7 Å². The van der Waals surface area contributed by atoms with Crippen LogP contribution in [0.2, 0.25) is 0 Å². The third-order valence-corrected chi connectivity index (χ3v) is 5.63. The van der Waals surface area contributed by atoms with E-state index in [4.69, 9.17) is 4.74 Å². The van der Waals surface area contributed by atoms with Gasteiger partial charge in [-0.05, 0) is 42.7 Å². The van der Waals surface area contributed by atoms with Crippen molar-refractivity contribution in [3.8, 4) is 17.1 Å². The molecule has 0 atom stereocenters. The van der Waals surface area contributed by atoms with Gasteiger partial charge in [0.25, 0.3) is 0 Å². The van der Waals surface area contributed by atoms with Gasteiger partial charge in [-0.3, -0.25) is 4.79 Å². The van der Waals surface area contributed by atoms with Gasteiger partial charge in [0.2, 0.25) is 5.91 Å². The largest absolute Gasteiger partial charge is 0.494 e. The van der Waals surface area contributed by atoms with Gasteiger partial charge in [-0.25, -0.2) is 24.0 Å². The number of aryl methyl sites for hydroxylation is 1. The molecular formula is C24H27FN6O2. The predicted molar refractivity (Wildman–Crippen MR) is 122 cm³/mol. The normalized spacial score (nSPS) is 13.9. The van der Waals surface area contributed by atoms with Gasteiger partial charge in [-0.15, -0.1) is 0 Å². The predicted octanol–water partition coefficient (Wildman–Crippen LogP) is 3.63. The first kappa shape index (κ1) is 22.6. The Balaban J connectivity index is 1.48. The molecule has 0 saturated heterocycles. The third kappa shape index (κ3) is 4.92. The van der Waals surface area contributed by atoms with E-state index in [1.54, 1.807) is 48.1 Å². The van der Waals surface area contributed by atoms with Crippen molar-refractivity contribution in [1.82, 2.24) is 29.6 Å². The maximum atomic E-state index is 13.7. The van der Waals surface area contributed by atoms with Crippen LogP contribution in [-0.2, 0) is 11.3 Å². The maximum absolute atomic E-state index is 13.7. The van der Waals surface area contributed by atoms with Gasteiger partial charge in [0.1, 0.15) is 18.2 Å². The van der Waals surface area contributed by atoms with Gasteiger partial charge in [-0.1, -0.05) is 19.9 Å². The molecule has 172 valence electrons. The van der Waals surface area contributed by atoms with E-state index < -0.39 is 0 Å². The lowest BCUT2D eigenvalue weighted by Gasteiger charge is -2.26. The molecular weight excluding hydrogens is 423 g/mol. The summed E-state index contributed by atoms with van der Waals surface area (Å²) in [5.41, 5.74) is 2.27. The highest BCUT2D eigenvalue weighted by Crippen LogP contribution is 2.23. The van der Waals surface area contributed by atoms with E-state index in [1.807, 2.05) is 19.9 Å². The molecule has 2 aromatic heterocycles. The zero-order chi connectivity index (χ0) is 23.5.